The van der Waals surface area contributed by atoms with Crippen LogP contribution in [0.4, 0.5) is 5.69 Å². The van der Waals surface area contributed by atoms with E-state index in [0.717, 1.165) is 28.8 Å². The monoisotopic (exact) mass is 332 g/mol. The molecule has 0 aliphatic rings. The van der Waals surface area contributed by atoms with Crippen LogP contribution in [0.25, 0.3) is 0 Å². The van der Waals surface area contributed by atoms with Crippen LogP contribution < -0.4 is 4.90 Å². The number of rotatable bonds is 5. The molecule has 0 saturated heterocycles. The number of hydrogen-bond donors (Lipinski definition) is 0. The second kappa shape index (κ2) is 6.66. The van der Waals surface area contributed by atoms with E-state index >= 15 is 0 Å². The number of hydrogen-bond acceptors (Lipinski definition) is 3. The highest BCUT2D eigenvalue weighted by molar-refractivity contribution is 9.10. The highest BCUT2D eigenvalue weighted by Gasteiger charge is 2.08. The number of likely N-dealkylation sites (N-methyl/N-ethyl adjacent to an activating group) is 1. The van der Waals surface area contributed by atoms with Gasteiger partial charge >= 0.3 is 0 Å². The van der Waals surface area contributed by atoms with E-state index in [2.05, 4.69) is 25.8 Å². The molecule has 0 unspecified atom stereocenters. The molecule has 0 atom stereocenters. The van der Waals surface area contributed by atoms with Crippen LogP contribution in [0.3, 0.4) is 0 Å². The summed E-state index contributed by atoms with van der Waals surface area (Å²) in [5, 5.41) is 0. The van der Waals surface area contributed by atoms with Crippen LogP contribution >= 0.6 is 15.9 Å². The molecule has 0 radical (unpaired) electrons. The Morgan fingerprint density at radius 2 is 2.10 bits per heavy atom. The summed E-state index contributed by atoms with van der Waals surface area (Å²) in [6.07, 6.45) is 2.71. The molecule has 0 aliphatic heterocycles. The van der Waals surface area contributed by atoms with Gasteiger partial charge in [0.15, 0.2) is 5.78 Å². The fourth-order valence-electron chi connectivity index (χ4n) is 1.98. The minimum Gasteiger partial charge on any atom is -0.374 e. The molecule has 1 heterocycles. The SMILES string of the molecule is CC(=O)c1ccc(N(C)CCc2ccccn2)cc1Br. The number of nitrogens with zero attached hydrogens (tertiary/aromatic N) is 2. The Labute approximate surface area is 127 Å². The average Bonchev–Trinajstić information content (AvgIpc) is 2.45. The van der Waals surface area contributed by atoms with Crippen molar-refractivity contribution < 1.29 is 4.79 Å². The lowest BCUT2D eigenvalue weighted by Crippen LogP contribution is -2.20. The largest absolute Gasteiger partial charge is 0.374 e. The van der Waals surface area contributed by atoms with E-state index < -0.39 is 0 Å². The summed E-state index contributed by atoms with van der Waals surface area (Å²) in [5.74, 6) is 0.0690. The highest BCUT2D eigenvalue weighted by Crippen LogP contribution is 2.24. The number of pyridine rings is 1. The van der Waals surface area contributed by atoms with Gasteiger partial charge in [-0.15, -0.1) is 0 Å². The predicted octanol–water partition coefficient (Wildman–Crippen LogP) is 3.73. The smallest absolute Gasteiger partial charge is 0.160 e. The highest BCUT2D eigenvalue weighted by atomic mass is 79.9. The van der Waals surface area contributed by atoms with E-state index in [9.17, 15) is 4.79 Å². The van der Waals surface area contributed by atoms with Crippen LogP contribution in [0.5, 0.6) is 0 Å². The standard InChI is InChI=1S/C16H17BrN2O/c1-12(20)15-7-6-14(11-16(15)17)19(2)10-8-13-5-3-4-9-18-13/h3-7,9,11H,8,10H2,1-2H3. The molecule has 0 spiro atoms. The molecule has 0 amide bonds. The van der Waals surface area contributed by atoms with Gasteiger partial charge in [-0.3, -0.25) is 9.78 Å². The van der Waals surface area contributed by atoms with Crippen molar-refractivity contribution in [2.75, 3.05) is 18.5 Å². The van der Waals surface area contributed by atoms with Crippen molar-refractivity contribution in [3.63, 3.8) is 0 Å². The third-order valence-electron chi connectivity index (χ3n) is 3.20. The predicted molar refractivity (Wildman–Crippen MR) is 85.4 cm³/mol. The van der Waals surface area contributed by atoms with Crippen molar-refractivity contribution in [3.8, 4) is 0 Å². The average molecular weight is 333 g/mol. The molecular formula is C16H17BrN2O. The number of anilines is 1. The second-order valence-corrected chi connectivity index (χ2v) is 5.57. The van der Waals surface area contributed by atoms with Crippen molar-refractivity contribution in [2.45, 2.75) is 13.3 Å². The molecule has 2 aromatic rings. The topological polar surface area (TPSA) is 33.2 Å². The molecule has 20 heavy (non-hydrogen) atoms. The van der Waals surface area contributed by atoms with Gasteiger partial charge < -0.3 is 4.90 Å². The number of carbonyl (C=O) groups excluding carboxylic acids is 1. The zero-order chi connectivity index (χ0) is 14.5. The van der Waals surface area contributed by atoms with Gasteiger partial charge in [0.05, 0.1) is 0 Å². The summed E-state index contributed by atoms with van der Waals surface area (Å²) in [6, 6.07) is 11.8. The number of halogens is 1. The van der Waals surface area contributed by atoms with Gasteiger partial charge in [-0.25, -0.2) is 0 Å². The van der Waals surface area contributed by atoms with E-state index in [1.54, 1.807) is 6.92 Å². The maximum atomic E-state index is 11.4. The van der Waals surface area contributed by atoms with E-state index in [0.29, 0.717) is 5.56 Å². The van der Waals surface area contributed by atoms with Gasteiger partial charge in [0.1, 0.15) is 0 Å². The van der Waals surface area contributed by atoms with Crippen molar-refractivity contribution >= 4 is 27.4 Å². The van der Waals surface area contributed by atoms with E-state index in [1.165, 1.54) is 0 Å². The fraction of sp³-hybridized carbons (Fsp3) is 0.250. The van der Waals surface area contributed by atoms with Crippen molar-refractivity contribution in [2.24, 2.45) is 0 Å². The lowest BCUT2D eigenvalue weighted by molar-refractivity contribution is 0.101. The molecule has 104 valence electrons. The molecule has 0 bridgehead atoms. The van der Waals surface area contributed by atoms with E-state index in [1.807, 2.05) is 49.6 Å². The molecule has 4 heteroatoms. The molecule has 3 nitrogen and oxygen atoms in total. The zero-order valence-electron chi connectivity index (χ0n) is 11.6. The minimum atomic E-state index is 0.0690. The maximum Gasteiger partial charge on any atom is 0.160 e. The zero-order valence-corrected chi connectivity index (χ0v) is 13.2. The van der Waals surface area contributed by atoms with E-state index in [-0.39, 0.29) is 5.78 Å². The normalized spacial score (nSPS) is 10.3. The maximum absolute atomic E-state index is 11.4. The van der Waals surface area contributed by atoms with Gasteiger partial charge in [0.2, 0.25) is 0 Å². The molecule has 1 aromatic heterocycles. The van der Waals surface area contributed by atoms with Gasteiger partial charge in [-0.05, 0) is 53.2 Å². The first-order valence-electron chi connectivity index (χ1n) is 6.49. The fourth-order valence-corrected chi connectivity index (χ4v) is 2.63. The Hall–Kier alpha value is -1.68. The number of benzene rings is 1. The first-order valence-corrected chi connectivity index (χ1v) is 7.29. The summed E-state index contributed by atoms with van der Waals surface area (Å²) < 4.78 is 0.840. The number of aromatic nitrogens is 1. The third-order valence-corrected chi connectivity index (χ3v) is 3.86. The Balaban J connectivity index is 2.04. The van der Waals surface area contributed by atoms with Gasteiger partial charge in [0.25, 0.3) is 0 Å². The molecule has 0 aliphatic carbocycles. The number of Topliss-reactive ketones (excluding diaryl/α,β-unsaturated/α-hetero) is 1. The minimum absolute atomic E-state index is 0.0690. The Kier molecular flexibility index (Phi) is 4.90. The molecule has 0 N–H and O–H groups in total. The van der Waals surface area contributed by atoms with Crippen LogP contribution in [0, 0.1) is 0 Å². The number of carbonyl (C=O) groups is 1. The third kappa shape index (κ3) is 3.67. The first kappa shape index (κ1) is 14.7. The molecule has 0 saturated carbocycles. The van der Waals surface area contributed by atoms with Crippen molar-refractivity contribution in [3.05, 3.63) is 58.3 Å². The Bertz CT molecular complexity index is 599. The summed E-state index contributed by atoms with van der Waals surface area (Å²) in [4.78, 5) is 17.9. The van der Waals surface area contributed by atoms with Gasteiger partial charge in [-0.2, -0.15) is 0 Å². The summed E-state index contributed by atoms with van der Waals surface area (Å²) in [7, 11) is 2.04. The summed E-state index contributed by atoms with van der Waals surface area (Å²) in [5.41, 5.74) is 2.88. The Morgan fingerprint density at radius 3 is 2.70 bits per heavy atom. The molecule has 2 rings (SSSR count). The summed E-state index contributed by atoms with van der Waals surface area (Å²) in [6.45, 7) is 2.45. The first-order chi connectivity index (χ1) is 9.58. The quantitative estimate of drug-likeness (QED) is 0.782. The van der Waals surface area contributed by atoms with Crippen LogP contribution in [0.1, 0.15) is 23.0 Å². The van der Waals surface area contributed by atoms with Crippen LogP contribution in [-0.2, 0) is 6.42 Å². The summed E-state index contributed by atoms with van der Waals surface area (Å²) >= 11 is 3.45. The van der Waals surface area contributed by atoms with E-state index in [4.69, 9.17) is 0 Å². The van der Waals surface area contributed by atoms with Crippen LogP contribution in [-0.4, -0.2) is 24.4 Å². The molecule has 1 aromatic carbocycles. The Morgan fingerprint density at radius 1 is 1.30 bits per heavy atom. The molecule has 0 fully saturated rings. The second-order valence-electron chi connectivity index (χ2n) is 4.71. The van der Waals surface area contributed by atoms with Gasteiger partial charge in [-0.1, -0.05) is 6.07 Å². The van der Waals surface area contributed by atoms with Crippen LogP contribution in [0.15, 0.2) is 47.1 Å². The van der Waals surface area contributed by atoms with Crippen molar-refractivity contribution in [1.29, 1.82) is 0 Å². The van der Waals surface area contributed by atoms with Crippen molar-refractivity contribution in [1.82, 2.24) is 4.98 Å². The number of ketones is 1. The lowest BCUT2D eigenvalue weighted by atomic mass is 10.1. The lowest BCUT2D eigenvalue weighted by Gasteiger charge is -2.20. The van der Waals surface area contributed by atoms with Crippen LogP contribution in [0.2, 0.25) is 0 Å². The molecular weight excluding hydrogens is 316 g/mol. The van der Waals surface area contributed by atoms with Gasteiger partial charge in [0, 0.05) is 47.6 Å².